The Morgan fingerprint density at radius 1 is 1.08 bits per heavy atom. The molecule has 2 aromatic rings. The van der Waals surface area contributed by atoms with Crippen LogP contribution in [-0.4, -0.2) is 30.5 Å². The van der Waals surface area contributed by atoms with Gasteiger partial charge in [-0.15, -0.1) is 0 Å². The van der Waals surface area contributed by atoms with Crippen LogP contribution in [0.3, 0.4) is 0 Å². The molecule has 2 atom stereocenters. The molecule has 0 bridgehead atoms. The lowest BCUT2D eigenvalue weighted by Gasteiger charge is -2.30. The fourth-order valence-electron chi connectivity index (χ4n) is 3.81. The van der Waals surface area contributed by atoms with Crippen molar-refractivity contribution in [2.24, 2.45) is 11.0 Å². The summed E-state index contributed by atoms with van der Waals surface area (Å²) in [6.07, 6.45) is 3.31. The van der Waals surface area contributed by atoms with Gasteiger partial charge in [-0.3, -0.25) is 5.01 Å². The summed E-state index contributed by atoms with van der Waals surface area (Å²) in [7, 11) is 0. The summed E-state index contributed by atoms with van der Waals surface area (Å²) in [6.45, 7) is 4.57. The van der Waals surface area contributed by atoms with E-state index in [0.29, 0.717) is 12.5 Å². The molecule has 0 aliphatic carbocycles. The highest BCUT2D eigenvalue weighted by atomic mass is 16.5. The first-order chi connectivity index (χ1) is 12.4. The van der Waals surface area contributed by atoms with Gasteiger partial charge in [0.2, 0.25) is 0 Å². The van der Waals surface area contributed by atoms with Crippen molar-refractivity contribution >= 4 is 11.8 Å². The van der Waals surface area contributed by atoms with E-state index in [9.17, 15) is 0 Å². The zero-order valence-corrected chi connectivity index (χ0v) is 14.6. The third kappa shape index (κ3) is 3.24. The van der Waals surface area contributed by atoms with Gasteiger partial charge in [0.25, 0.3) is 0 Å². The van der Waals surface area contributed by atoms with Crippen LogP contribution in [0.2, 0.25) is 0 Å². The Kier molecular flexibility index (Phi) is 4.66. The van der Waals surface area contributed by atoms with Crippen molar-refractivity contribution in [1.82, 2.24) is 5.01 Å². The molecule has 1 fully saturated rings. The van der Waals surface area contributed by atoms with Gasteiger partial charge in [0.1, 0.15) is 0 Å². The van der Waals surface area contributed by atoms with E-state index >= 15 is 0 Å². The summed E-state index contributed by atoms with van der Waals surface area (Å²) < 4.78 is 5.97. The average Bonchev–Trinajstić information content (AvgIpc) is 3.03. The van der Waals surface area contributed by atoms with Crippen LogP contribution in [0.4, 0.5) is 0 Å². The highest BCUT2D eigenvalue weighted by molar-refractivity contribution is 6.07. The lowest BCUT2D eigenvalue weighted by molar-refractivity contribution is 0.0950. The predicted molar refractivity (Wildman–Crippen MR) is 102 cm³/mol. The van der Waals surface area contributed by atoms with Crippen molar-refractivity contribution in [2.75, 3.05) is 19.8 Å². The van der Waals surface area contributed by atoms with E-state index in [2.05, 4.69) is 72.6 Å². The second-order valence-corrected chi connectivity index (χ2v) is 6.71. The van der Waals surface area contributed by atoms with Crippen molar-refractivity contribution in [1.29, 1.82) is 0 Å². The van der Waals surface area contributed by atoms with Crippen LogP contribution < -0.4 is 0 Å². The van der Waals surface area contributed by atoms with E-state index in [4.69, 9.17) is 9.84 Å². The van der Waals surface area contributed by atoms with E-state index in [0.717, 1.165) is 19.6 Å². The number of hydrogen-bond donors (Lipinski definition) is 0. The number of nitrogens with zero attached hydrogens (tertiary/aromatic N) is 2. The molecule has 0 spiro atoms. The summed E-state index contributed by atoms with van der Waals surface area (Å²) in [5.41, 5.74) is 4.94. The first-order valence-corrected chi connectivity index (χ1v) is 9.10. The second-order valence-electron chi connectivity index (χ2n) is 6.71. The molecule has 2 unspecified atom stereocenters. The molecule has 25 heavy (non-hydrogen) atoms. The predicted octanol–water partition coefficient (Wildman–Crippen LogP) is 4.54. The molecule has 1 saturated heterocycles. The number of ether oxygens (including phenoxy) is 1. The minimum atomic E-state index is 0.274. The summed E-state index contributed by atoms with van der Waals surface area (Å²) >= 11 is 0. The number of hydrogen-bond acceptors (Lipinski definition) is 3. The Hall–Kier alpha value is -2.39. The third-order valence-electron chi connectivity index (χ3n) is 4.91. The molecule has 3 heteroatoms. The molecule has 0 N–H and O–H groups in total. The standard InChI is InChI=1S/C22H24N2O/c1-2-13-24-22(18-11-7-4-8-12-18)20-16-25-15-19(21(20)23-24)14-17-9-5-3-6-10-17/h3-12,14,20,22H,2,13,15-16H2,1H3/b19-14+. The van der Waals surface area contributed by atoms with Crippen molar-refractivity contribution in [3.05, 3.63) is 77.4 Å². The number of rotatable bonds is 4. The van der Waals surface area contributed by atoms with Crippen LogP contribution >= 0.6 is 0 Å². The van der Waals surface area contributed by atoms with Gasteiger partial charge in [0.05, 0.1) is 30.9 Å². The first-order valence-electron chi connectivity index (χ1n) is 9.10. The molecule has 2 aliphatic rings. The molecule has 128 valence electrons. The molecular formula is C22H24N2O. The molecule has 0 amide bonds. The third-order valence-corrected chi connectivity index (χ3v) is 4.91. The van der Waals surface area contributed by atoms with Crippen LogP contribution in [-0.2, 0) is 4.74 Å². The van der Waals surface area contributed by atoms with E-state index < -0.39 is 0 Å². The topological polar surface area (TPSA) is 24.8 Å². The van der Waals surface area contributed by atoms with E-state index in [1.165, 1.54) is 22.4 Å². The molecule has 0 radical (unpaired) electrons. The molecule has 2 aromatic carbocycles. The summed E-state index contributed by atoms with van der Waals surface area (Å²) in [5, 5.41) is 7.30. The van der Waals surface area contributed by atoms with Gasteiger partial charge < -0.3 is 4.74 Å². The minimum Gasteiger partial charge on any atom is -0.376 e. The average molecular weight is 332 g/mol. The second kappa shape index (κ2) is 7.24. The lowest BCUT2D eigenvalue weighted by Crippen LogP contribution is -2.33. The highest BCUT2D eigenvalue weighted by Gasteiger charge is 2.41. The normalized spacial score (nSPS) is 24.3. The van der Waals surface area contributed by atoms with Gasteiger partial charge in [-0.1, -0.05) is 67.6 Å². The van der Waals surface area contributed by atoms with Crippen molar-refractivity contribution < 1.29 is 4.74 Å². The van der Waals surface area contributed by atoms with Gasteiger partial charge in [-0.2, -0.15) is 5.10 Å². The van der Waals surface area contributed by atoms with Gasteiger partial charge >= 0.3 is 0 Å². The van der Waals surface area contributed by atoms with Crippen LogP contribution in [0.5, 0.6) is 0 Å². The summed E-state index contributed by atoms with van der Waals surface area (Å²) in [6, 6.07) is 21.4. The summed E-state index contributed by atoms with van der Waals surface area (Å²) in [5.74, 6) is 0.303. The molecular weight excluding hydrogens is 308 g/mol. The van der Waals surface area contributed by atoms with Gasteiger partial charge in [-0.25, -0.2) is 0 Å². The number of fused-ring (bicyclic) bond motifs is 1. The number of benzene rings is 2. The SMILES string of the molecule is CCCN1N=C2/C(=C/c3ccccc3)COCC2C1c1ccccc1. The minimum absolute atomic E-state index is 0.274. The van der Waals surface area contributed by atoms with E-state index in [-0.39, 0.29) is 6.04 Å². The maximum atomic E-state index is 5.97. The molecule has 2 heterocycles. The zero-order chi connectivity index (χ0) is 17.1. The molecule has 4 rings (SSSR count). The Balaban J connectivity index is 1.70. The Labute approximate surface area is 149 Å². The van der Waals surface area contributed by atoms with Crippen LogP contribution in [0.15, 0.2) is 71.3 Å². The lowest BCUT2D eigenvalue weighted by atomic mass is 9.85. The van der Waals surface area contributed by atoms with Gasteiger partial charge in [0.15, 0.2) is 0 Å². The van der Waals surface area contributed by atoms with Gasteiger partial charge in [-0.05, 0) is 23.6 Å². The molecule has 2 aliphatic heterocycles. The van der Waals surface area contributed by atoms with Crippen LogP contribution in [0, 0.1) is 5.92 Å². The molecule has 0 saturated carbocycles. The summed E-state index contributed by atoms with van der Waals surface area (Å²) in [4.78, 5) is 0. The largest absolute Gasteiger partial charge is 0.376 e. The van der Waals surface area contributed by atoms with Crippen molar-refractivity contribution in [3.63, 3.8) is 0 Å². The smallest absolute Gasteiger partial charge is 0.0826 e. The van der Waals surface area contributed by atoms with Crippen LogP contribution in [0.1, 0.15) is 30.5 Å². The quantitative estimate of drug-likeness (QED) is 0.821. The Morgan fingerprint density at radius 3 is 2.52 bits per heavy atom. The maximum absolute atomic E-state index is 5.97. The fraction of sp³-hybridized carbons (Fsp3) is 0.318. The highest BCUT2D eigenvalue weighted by Crippen LogP contribution is 2.40. The Morgan fingerprint density at radius 2 is 1.80 bits per heavy atom. The van der Waals surface area contributed by atoms with E-state index in [1.54, 1.807) is 0 Å². The van der Waals surface area contributed by atoms with Gasteiger partial charge in [0, 0.05) is 12.1 Å². The first kappa shape index (κ1) is 16.1. The molecule has 0 aromatic heterocycles. The maximum Gasteiger partial charge on any atom is 0.0826 e. The number of hydrazone groups is 1. The van der Waals surface area contributed by atoms with Crippen molar-refractivity contribution in [3.8, 4) is 0 Å². The van der Waals surface area contributed by atoms with Crippen molar-refractivity contribution in [2.45, 2.75) is 19.4 Å². The fourth-order valence-corrected chi connectivity index (χ4v) is 3.81. The van der Waals surface area contributed by atoms with E-state index in [1.807, 2.05) is 6.07 Å². The Bertz CT molecular complexity index is 767. The van der Waals surface area contributed by atoms with Crippen LogP contribution in [0.25, 0.3) is 6.08 Å². The molecule has 3 nitrogen and oxygen atoms in total. The monoisotopic (exact) mass is 332 g/mol. The zero-order valence-electron chi connectivity index (χ0n) is 14.6.